The fourth-order valence-electron chi connectivity index (χ4n) is 1.66. The van der Waals surface area contributed by atoms with Crippen LogP contribution in [0, 0.1) is 0 Å². The molecule has 0 saturated heterocycles. The third kappa shape index (κ3) is 4.07. The molecule has 3 N–H and O–H groups in total. The van der Waals surface area contributed by atoms with Gasteiger partial charge in [0.25, 0.3) is 0 Å². The molecule has 1 unspecified atom stereocenters. The Morgan fingerprint density at radius 1 is 1.71 bits per heavy atom. The zero-order chi connectivity index (χ0) is 12.8. The molecule has 1 aromatic rings. The van der Waals surface area contributed by atoms with Crippen LogP contribution in [0.25, 0.3) is 0 Å². The van der Waals surface area contributed by atoms with Crippen LogP contribution in [0.5, 0.6) is 0 Å². The van der Waals surface area contributed by atoms with Crippen molar-refractivity contribution in [1.82, 2.24) is 14.7 Å². The molecule has 0 aliphatic heterocycles. The fraction of sp³-hybridized carbons (Fsp3) is 0.636. The molecule has 0 aromatic carbocycles. The maximum atomic E-state index is 8.51. The molecule has 6 heteroatoms. The Hall–Kier alpha value is -1.56. The van der Waals surface area contributed by atoms with E-state index in [2.05, 4.69) is 22.1 Å². The Bertz CT molecular complexity index is 374. The summed E-state index contributed by atoms with van der Waals surface area (Å²) in [5.41, 5.74) is 6.69. The van der Waals surface area contributed by atoms with Gasteiger partial charge in [-0.1, -0.05) is 5.16 Å². The lowest BCUT2D eigenvalue weighted by atomic mass is 10.2. The average molecular weight is 239 g/mol. The predicted octanol–water partition coefficient (Wildman–Crippen LogP) is 0.419. The van der Waals surface area contributed by atoms with Gasteiger partial charge in [-0.3, -0.25) is 4.68 Å². The van der Waals surface area contributed by atoms with Gasteiger partial charge in [0.2, 0.25) is 0 Å². The first-order valence-corrected chi connectivity index (χ1v) is 5.68. The van der Waals surface area contributed by atoms with Gasteiger partial charge in [-0.05, 0) is 20.0 Å². The Morgan fingerprint density at radius 2 is 2.41 bits per heavy atom. The second kappa shape index (κ2) is 6.24. The molecule has 6 nitrogen and oxygen atoms in total. The maximum Gasteiger partial charge on any atom is 0.140 e. The van der Waals surface area contributed by atoms with E-state index < -0.39 is 0 Å². The molecule has 0 radical (unpaired) electrons. The highest BCUT2D eigenvalue weighted by Gasteiger charge is 2.11. The summed E-state index contributed by atoms with van der Waals surface area (Å²) in [5.74, 6) is 0.268. The van der Waals surface area contributed by atoms with Crippen molar-refractivity contribution in [3.05, 3.63) is 18.0 Å². The SMILES string of the molecule is CC(CC(N)=NO)N(C)CCc1ccnn1C. The third-order valence-electron chi connectivity index (χ3n) is 3.03. The van der Waals surface area contributed by atoms with Crippen LogP contribution in [-0.2, 0) is 13.5 Å². The Morgan fingerprint density at radius 3 is 2.94 bits per heavy atom. The van der Waals surface area contributed by atoms with E-state index in [-0.39, 0.29) is 11.9 Å². The molecule has 1 aromatic heterocycles. The van der Waals surface area contributed by atoms with Gasteiger partial charge >= 0.3 is 0 Å². The van der Waals surface area contributed by atoms with E-state index in [0.717, 1.165) is 13.0 Å². The molecule has 0 aliphatic carbocycles. The van der Waals surface area contributed by atoms with Crippen LogP contribution >= 0.6 is 0 Å². The number of likely N-dealkylation sites (N-methyl/N-ethyl adjacent to an activating group) is 1. The summed E-state index contributed by atoms with van der Waals surface area (Å²) in [6.45, 7) is 2.97. The number of nitrogens with two attached hydrogens (primary N) is 1. The van der Waals surface area contributed by atoms with Crippen molar-refractivity contribution in [1.29, 1.82) is 0 Å². The summed E-state index contributed by atoms with van der Waals surface area (Å²) in [5, 5.41) is 15.6. The van der Waals surface area contributed by atoms with Crippen molar-refractivity contribution < 1.29 is 5.21 Å². The van der Waals surface area contributed by atoms with Gasteiger partial charge in [-0.2, -0.15) is 5.10 Å². The zero-order valence-corrected chi connectivity index (χ0v) is 10.7. The second-order valence-corrected chi connectivity index (χ2v) is 4.32. The van der Waals surface area contributed by atoms with Crippen molar-refractivity contribution in [2.45, 2.75) is 25.8 Å². The summed E-state index contributed by atoms with van der Waals surface area (Å²) < 4.78 is 1.88. The molecule has 0 bridgehead atoms. The van der Waals surface area contributed by atoms with Gasteiger partial charge in [0.05, 0.1) is 0 Å². The number of hydrogen-bond acceptors (Lipinski definition) is 4. The second-order valence-electron chi connectivity index (χ2n) is 4.32. The van der Waals surface area contributed by atoms with Gasteiger partial charge in [-0.25, -0.2) is 0 Å². The molecular weight excluding hydrogens is 218 g/mol. The topological polar surface area (TPSA) is 79.7 Å². The minimum Gasteiger partial charge on any atom is -0.409 e. The van der Waals surface area contributed by atoms with E-state index in [1.165, 1.54) is 5.69 Å². The van der Waals surface area contributed by atoms with Crippen molar-refractivity contribution in [2.75, 3.05) is 13.6 Å². The van der Waals surface area contributed by atoms with Crippen LogP contribution < -0.4 is 5.73 Å². The molecule has 0 aliphatic rings. The van der Waals surface area contributed by atoms with E-state index in [1.54, 1.807) is 6.20 Å². The van der Waals surface area contributed by atoms with E-state index in [1.807, 2.05) is 24.8 Å². The number of aromatic nitrogens is 2. The first kappa shape index (κ1) is 13.5. The van der Waals surface area contributed by atoms with E-state index >= 15 is 0 Å². The molecule has 1 heterocycles. The lowest BCUT2D eigenvalue weighted by molar-refractivity contribution is 0.260. The molecule has 0 spiro atoms. The number of oxime groups is 1. The molecule has 17 heavy (non-hydrogen) atoms. The molecule has 0 amide bonds. The summed E-state index contributed by atoms with van der Waals surface area (Å²) in [4.78, 5) is 2.19. The highest BCUT2D eigenvalue weighted by atomic mass is 16.4. The van der Waals surface area contributed by atoms with E-state index in [9.17, 15) is 0 Å². The first-order chi connectivity index (χ1) is 8.04. The summed E-state index contributed by atoms with van der Waals surface area (Å²) in [7, 11) is 3.97. The predicted molar refractivity (Wildman–Crippen MR) is 67.0 cm³/mol. The Labute approximate surface area is 102 Å². The average Bonchev–Trinajstić information content (AvgIpc) is 2.71. The molecule has 1 atom stereocenters. The maximum absolute atomic E-state index is 8.51. The van der Waals surface area contributed by atoms with Crippen LogP contribution in [0.1, 0.15) is 19.0 Å². The van der Waals surface area contributed by atoms with Crippen LogP contribution in [0.4, 0.5) is 0 Å². The van der Waals surface area contributed by atoms with Crippen molar-refractivity contribution in [3.8, 4) is 0 Å². The molecule has 96 valence electrons. The van der Waals surface area contributed by atoms with E-state index in [4.69, 9.17) is 10.9 Å². The monoisotopic (exact) mass is 239 g/mol. The van der Waals surface area contributed by atoms with Crippen molar-refractivity contribution in [3.63, 3.8) is 0 Å². The van der Waals surface area contributed by atoms with Crippen molar-refractivity contribution in [2.24, 2.45) is 17.9 Å². The third-order valence-corrected chi connectivity index (χ3v) is 3.03. The van der Waals surface area contributed by atoms with Crippen LogP contribution in [0.3, 0.4) is 0 Å². The molecule has 0 fully saturated rings. The van der Waals surface area contributed by atoms with Crippen LogP contribution in [0.2, 0.25) is 0 Å². The number of rotatable bonds is 6. The highest BCUT2D eigenvalue weighted by Crippen LogP contribution is 2.04. The highest BCUT2D eigenvalue weighted by molar-refractivity contribution is 5.80. The number of aryl methyl sites for hydroxylation is 1. The smallest absolute Gasteiger partial charge is 0.140 e. The molecule has 1 rings (SSSR count). The number of hydrogen-bond donors (Lipinski definition) is 2. The zero-order valence-electron chi connectivity index (χ0n) is 10.7. The quantitative estimate of drug-likeness (QED) is 0.326. The largest absolute Gasteiger partial charge is 0.409 e. The standard InChI is InChI=1S/C11H21N5O/c1-9(8-11(12)14-17)15(2)7-5-10-4-6-13-16(10)3/h4,6,9,17H,5,7-8H2,1-3H3,(H2,12,14). The Balaban J connectivity index is 2.39. The summed E-state index contributed by atoms with van der Waals surface area (Å²) >= 11 is 0. The minimum atomic E-state index is 0.249. The first-order valence-electron chi connectivity index (χ1n) is 5.68. The van der Waals surface area contributed by atoms with Gasteiger partial charge in [0.15, 0.2) is 0 Å². The number of amidine groups is 1. The lowest BCUT2D eigenvalue weighted by Gasteiger charge is -2.24. The minimum absolute atomic E-state index is 0.249. The number of nitrogens with zero attached hydrogens (tertiary/aromatic N) is 4. The Kier molecular flexibility index (Phi) is 4.96. The summed E-state index contributed by atoms with van der Waals surface area (Å²) in [6.07, 6.45) is 3.31. The molecular formula is C11H21N5O. The molecule has 0 saturated carbocycles. The summed E-state index contributed by atoms with van der Waals surface area (Å²) in [6, 6.07) is 2.27. The van der Waals surface area contributed by atoms with E-state index in [0.29, 0.717) is 6.42 Å². The van der Waals surface area contributed by atoms with Gasteiger partial charge in [-0.15, -0.1) is 0 Å². The van der Waals surface area contributed by atoms with Gasteiger partial charge in [0.1, 0.15) is 5.84 Å². The van der Waals surface area contributed by atoms with Gasteiger partial charge in [0, 0.05) is 44.4 Å². The lowest BCUT2D eigenvalue weighted by Crippen LogP contribution is -2.34. The van der Waals surface area contributed by atoms with Crippen LogP contribution in [-0.4, -0.2) is 45.4 Å². The van der Waals surface area contributed by atoms with Gasteiger partial charge < -0.3 is 15.8 Å². The van der Waals surface area contributed by atoms with Crippen LogP contribution in [0.15, 0.2) is 17.4 Å². The van der Waals surface area contributed by atoms with Crippen molar-refractivity contribution >= 4 is 5.84 Å². The normalized spacial score (nSPS) is 14.2. The fourth-order valence-corrected chi connectivity index (χ4v) is 1.66.